The lowest BCUT2D eigenvalue weighted by atomic mass is 9.92. The molecule has 0 aromatic carbocycles. The summed E-state index contributed by atoms with van der Waals surface area (Å²) in [6.07, 6.45) is -1.66. The van der Waals surface area contributed by atoms with Gasteiger partial charge >= 0.3 is 6.18 Å². The fourth-order valence-electron chi connectivity index (χ4n) is 2.00. The molecule has 0 saturated carbocycles. The van der Waals surface area contributed by atoms with Crippen LogP contribution in [0.1, 0.15) is 12.8 Å². The zero-order chi connectivity index (χ0) is 12.5. The topological polar surface area (TPSA) is 47.6 Å². The number of hydrogen-bond donors (Lipinski definition) is 1. The minimum Gasteiger partial charge on any atom is -0.385 e. The van der Waals surface area contributed by atoms with Gasteiger partial charge in [-0.3, -0.25) is 4.99 Å². The van der Waals surface area contributed by atoms with Gasteiger partial charge in [0.05, 0.1) is 13.2 Å². The highest BCUT2D eigenvalue weighted by molar-refractivity contribution is 5.89. The predicted octanol–water partition coefficient (Wildman–Crippen LogP) is 1.95. The molecule has 94 valence electrons. The summed E-state index contributed by atoms with van der Waals surface area (Å²) in [5, 5.41) is 0. The molecule has 1 aliphatic heterocycles. The normalized spacial score (nSPS) is 26.1. The van der Waals surface area contributed by atoms with E-state index in [2.05, 4.69) is 4.99 Å². The molecule has 1 atom stereocenters. The van der Waals surface area contributed by atoms with Crippen molar-refractivity contribution in [3.63, 3.8) is 0 Å². The maximum atomic E-state index is 12.8. The van der Waals surface area contributed by atoms with Crippen molar-refractivity contribution in [2.24, 2.45) is 10.7 Å². The van der Waals surface area contributed by atoms with Gasteiger partial charge in [0.15, 0.2) is 0 Å². The average molecular weight is 246 g/mol. The lowest BCUT2D eigenvalue weighted by Crippen LogP contribution is -2.39. The first-order chi connectivity index (χ1) is 8.00. The third-order valence-electron chi connectivity index (χ3n) is 2.77. The van der Waals surface area contributed by atoms with Gasteiger partial charge in [-0.1, -0.05) is 12.2 Å². The van der Waals surface area contributed by atoms with Crippen LogP contribution >= 0.6 is 0 Å². The summed E-state index contributed by atoms with van der Waals surface area (Å²) in [4.78, 5) is 3.94. The van der Waals surface area contributed by atoms with Gasteiger partial charge in [0.1, 0.15) is 11.9 Å². The number of rotatable bonds is 1. The molecule has 3 nitrogen and oxygen atoms in total. The fraction of sp³-hybridized carbons (Fsp3) is 0.545. The maximum Gasteiger partial charge on any atom is 0.413 e. The Kier molecular flexibility index (Phi) is 3.24. The van der Waals surface area contributed by atoms with Crippen LogP contribution in [0.5, 0.6) is 0 Å². The van der Waals surface area contributed by atoms with Crippen LogP contribution in [0.4, 0.5) is 13.2 Å². The van der Waals surface area contributed by atoms with Gasteiger partial charge in [-0.25, -0.2) is 0 Å². The molecule has 0 amide bonds. The molecule has 1 aliphatic carbocycles. The van der Waals surface area contributed by atoms with Gasteiger partial charge in [0.2, 0.25) is 0 Å². The number of aliphatic imine (C=N–C) groups is 1. The monoisotopic (exact) mass is 246 g/mol. The standard InChI is InChI=1S/C11H13F3N2O/c12-11(13,14)8-4-2-1-3-7(8)9-10(15)16-5-6-17-9/h1,3,9H,2,4-6H2,(H2,15,16). The van der Waals surface area contributed by atoms with Gasteiger partial charge < -0.3 is 10.5 Å². The molecule has 1 heterocycles. The first-order valence-corrected chi connectivity index (χ1v) is 5.38. The second-order valence-corrected chi connectivity index (χ2v) is 3.93. The summed E-state index contributed by atoms with van der Waals surface area (Å²) >= 11 is 0. The molecule has 2 N–H and O–H groups in total. The molecule has 0 radical (unpaired) electrons. The third-order valence-corrected chi connectivity index (χ3v) is 2.77. The Labute approximate surface area is 96.8 Å². The lowest BCUT2D eigenvalue weighted by molar-refractivity contribution is -0.0957. The van der Waals surface area contributed by atoms with Crippen molar-refractivity contribution in [2.45, 2.75) is 25.1 Å². The van der Waals surface area contributed by atoms with Crippen LogP contribution < -0.4 is 5.73 Å². The van der Waals surface area contributed by atoms with Crippen molar-refractivity contribution >= 4 is 5.84 Å². The second-order valence-electron chi connectivity index (χ2n) is 3.93. The summed E-state index contributed by atoms with van der Waals surface area (Å²) in [6, 6.07) is 0. The number of nitrogens with two attached hydrogens (primary N) is 1. The summed E-state index contributed by atoms with van der Waals surface area (Å²) in [5.41, 5.74) is 5.16. The summed E-state index contributed by atoms with van der Waals surface area (Å²) in [6.45, 7) is 0.703. The Morgan fingerprint density at radius 2 is 2.18 bits per heavy atom. The maximum absolute atomic E-state index is 12.8. The van der Waals surface area contributed by atoms with Crippen molar-refractivity contribution in [3.05, 3.63) is 23.3 Å². The summed E-state index contributed by atoms with van der Waals surface area (Å²) in [5.74, 6) is 0.125. The number of hydrogen-bond acceptors (Lipinski definition) is 3. The molecule has 0 aromatic rings. The molecule has 0 spiro atoms. The van der Waals surface area contributed by atoms with Gasteiger partial charge in [-0.05, 0) is 18.4 Å². The molecule has 2 aliphatic rings. The van der Waals surface area contributed by atoms with E-state index in [4.69, 9.17) is 10.5 Å². The van der Waals surface area contributed by atoms with Gasteiger partial charge in [-0.2, -0.15) is 13.2 Å². The van der Waals surface area contributed by atoms with Crippen LogP contribution in [0.15, 0.2) is 28.3 Å². The van der Waals surface area contributed by atoms with Crippen LogP contribution in [-0.2, 0) is 4.74 Å². The van der Waals surface area contributed by atoms with Crippen molar-refractivity contribution in [3.8, 4) is 0 Å². The van der Waals surface area contributed by atoms with Crippen LogP contribution in [0.3, 0.4) is 0 Å². The molecule has 0 bridgehead atoms. The van der Waals surface area contributed by atoms with E-state index in [0.717, 1.165) is 0 Å². The van der Waals surface area contributed by atoms with Gasteiger partial charge in [0, 0.05) is 5.57 Å². The van der Waals surface area contributed by atoms with Gasteiger partial charge in [-0.15, -0.1) is 0 Å². The predicted molar refractivity (Wildman–Crippen MR) is 57.7 cm³/mol. The smallest absolute Gasteiger partial charge is 0.385 e. The molecule has 6 heteroatoms. The van der Waals surface area contributed by atoms with E-state index >= 15 is 0 Å². The van der Waals surface area contributed by atoms with Crippen molar-refractivity contribution in [1.82, 2.24) is 0 Å². The third kappa shape index (κ3) is 2.52. The van der Waals surface area contributed by atoms with E-state index in [1.807, 2.05) is 0 Å². The Balaban J connectivity index is 2.39. The van der Waals surface area contributed by atoms with Crippen molar-refractivity contribution in [1.29, 1.82) is 0 Å². The Hall–Kier alpha value is -1.30. The van der Waals surface area contributed by atoms with Crippen LogP contribution in [0.2, 0.25) is 0 Å². The first kappa shape index (κ1) is 12.2. The highest BCUT2D eigenvalue weighted by Crippen LogP contribution is 2.36. The van der Waals surface area contributed by atoms with Crippen LogP contribution in [0, 0.1) is 0 Å². The Morgan fingerprint density at radius 3 is 2.82 bits per heavy atom. The van der Waals surface area contributed by atoms with Crippen molar-refractivity contribution in [2.75, 3.05) is 13.2 Å². The minimum atomic E-state index is -4.33. The van der Waals surface area contributed by atoms with E-state index < -0.39 is 17.9 Å². The van der Waals surface area contributed by atoms with Crippen molar-refractivity contribution < 1.29 is 17.9 Å². The van der Waals surface area contributed by atoms with E-state index in [9.17, 15) is 13.2 Å². The van der Waals surface area contributed by atoms with E-state index in [1.165, 1.54) is 6.08 Å². The summed E-state index contributed by atoms with van der Waals surface area (Å²) < 4.78 is 43.8. The minimum absolute atomic E-state index is 0.0253. The molecular weight excluding hydrogens is 233 g/mol. The number of ether oxygens (including phenoxy) is 1. The van der Waals surface area contributed by atoms with Gasteiger partial charge in [0.25, 0.3) is 0 Å². The number of nitrogens with zero attached hydrogens (tertiary/aromatic N) is 1. The molecule has 0 aromatic heterocycles. The summed E-state index contributed by atoms with van der Waals surface area (Å²) in [7, 11) is 0. The number of allylic oxidation sites excluding steroid dienone is 2. The highest BCUT2D eigenvalue weighted by atomic mass is 19.4. The Morgan fingerprint density at radius 1 is 1.41 bits per heavy atom. The van der Waals surface area contributed by atoms with E-state index in [-0.39, 0.29) is 17.8 Å². The molecule has 0 fully saturated rings. The van der Waals surface area contributed by atoms with E-state index in [0.29, 0.717) is 19.6 Å². The highest BCUT2D eigenvalue weighted by Gasteiger charge is 2.39. The van der Waals surface area contributed by atoms with E-state index in [1.54, 1.807) is 6.08 Å². The first-order valence-electron chi connectivity index (χ1n) is 5.38. The molecular formula is C11H13F3N2O. The van der Waals surface area contributed by atoms with Crippen LogP contribution in [-0.4, -0.2) is 31.3 Å². The zero-order valence-electron chi connectivity index (χ0n) is 9.13. The second kappa shape index (κ2) is 4.52. The lowest BCUT2D eigenvalue weighted by Gasteiger charge is -2.27. The average Bonchev–Trinajstić information content (AvgIpc) is 2.28. The number of alkyl halides is 3. The molecule has 17 heavy (non-hydrogen) atoms. The quantitative estimate of drug-likeness (QED) is 0.768. The SMILES string of the molecule is NC1=NCCOC1C1=C(C(F)(F)F)CCC=C1. The largest absolute Gasteiger partial charge is 0.413 e. The molecule has 0 saturated heterocycles. The number of amidine groups is 1. The Bertz CT molecular complexity index is 396. The zero-order valence-corrected chi connectivity index (χ0v) is 9.13. The fourth-order valence-corrected chi connectivity index (χ4v) is 2.00. The molecule has 1 unspecified atom stereocenters. The van der Waals surface area contributed by atoms with Crippen LogP contribution in [0.25, 0.3) is 0 Å². The number of halogens is 3. The molecule has 2 rings (SSSR count).